The molecule has 0 unspecified atom stereocenters. The second-order valence-electron chi connectivity index (χ2n) is 9.46. The van der Waals surface area contributed by atoms with Gasteiger partial charge < -0.3 is 25.0 Å². The minimum atomic E-state index is -0.157. The van der Waals surface area contributed by atoms with Crippen LogP contribution in [0.15, 0.2) is 36.4 Å². The van der Waals surface area contributed by atoms with E-state index in [1.165, 1.54) is 5.56 Å². The number of aryl methyl sites for hydroxylation is 1. The number of aromatic nitrogens is 1. The van der Waals surface area contributed by atoms with Gasteiger partial charge in [-0.1, -0.05) is 6.07 Å². The Kier molecular flexibility index (Phi) is 6.12. The average Bonchev–Trinajstić information content (AvgIpc) is 3.37. The average molecular weight is 481 g/mol. The van der Waals surface area contributed by atoms with Gasteiger partial charge in [0, 0.05) is 23.2 Å². The molecule has 3 aromatic rings. The largest absolute Gasteiger partial charge is 0.493 e. The summed E-state index contributed by atoms with van der Waals surface area (Å²) in [5, 5.41) is 7.25. The molecule has 0 bridgehead atoms. The van der Waals surface area contributed by atoms with E-state index >= 15 is 0 Å². The van der Waals surface area contributed by atoms with E-state index in [9.17, 15) is 4.79 Å². The van der Waals surface area contributed by atoms with Crippen molar-refractivity contribution in [2.75, 3.05) is 33.1 Å². The number of anilines is 1. The molecule has 2 amide bonds. The van der Waals surface area contributed by atoms with Crippen molar-refractivity contribution >= 4 is 33.3 Å². The van der Waals surface area contributed by atoms with E-state index in [0.717, 1.165) is 64.6 Å². The number of amides is 2. The molecule has 0 radical (unpaired) electrons. The molecule has 3 atom stereocenters. The number of ether oxygens (including phenoxy) is 2. The summed E-state index contributed by atoms with van der Waals surface area (Å²) in [6.45, 7) is 3.04. The van der Waals surface area contributed by atoms with Gasteiger partial charge in [0.05, 0.1) is 29.4 Å². The van der Waals surface area contributed by atoms with Gasteiger partial charge >= 0.3 is 6.03 Å². The molecule has 1 saturated carbocycles. The number of carbonyl (C=O) groups excluding carboxylic acids is 1. The summed E-state index contributed by atoms with van der Waals surface area (Å²) < 4.78 is 12.2. The number of benzene rings is 2. The van der Waals surface area contributed by atoms with Gasteiger partial charge in [-0.2, -0.15) is 0 Å². The molecule has 8 heteroatoms. The van der Waals surface area contributed by atoms with Gasteiger partial charge in [-0.15, -0.1) is 11.3 Å². The Morgan fingerprint density at radius 3 is 2.76 bits per heavy atom. The number of nitrogens with one attached hydrogen (secondary N) is 2. The fourth-order valence-corrected chi connectivity index (χ4v) is 6.67. The predicted molar refractivity (Wildman–Crippen MR) is 136 cm³/mol. The molecule has 2 heterocycles. The zero-order chi connectivity index (χ0) is 23.9. The van der Waals surface area contributed by atoms with Gasteiger partial charge in [-0.05, 0) is 82.1 Å². The van der Waals surface area contributed by atoms with Crippen LogP contribution in [0.5, 0.6) is 11.5 Å². The van der Waals surface area contributed by atoms with E-state index in [0.29, 0.717) is 6.04 Å². The highest BCUT2D eigenvalue weighted by molar-refractivity contribution is 7.18. The molecule has 34 heavy (non-hydrogen) atoms. The SMILES string of the molecule is COc1ccc([C@@]23CC[C@H](NC(=O)Nc4ccc5sc(C)nc5c4)C[C@H]2N(C)CC3)cc1OC. The van der Waals surface area contributed by atoms with Crippen molar-refractivity contribution in [1.29, 1.82) is 0 Å². The van der Waals surface area contributed by atoms with E-state index in [1.54, 1.807) is 25.6 Å². The molecule has 2 aromatic carbocycles. The summed E-state index contributed by atoms with van der Waals surface area (Å²) in [6, 6.07) is 12.6. The highest BCUT2D eigenvalue weighted by Gasteiger charge is 2.50. The van der Waals surface area contributed by atoms with Crippen molar-refractivity contribution in [1.82, 2.24) is 15.2 Å². The maximum absolute atomic E-state index is 12.8. The third kappa shape index (κ3) is 4.09. The van der Waals surface area contributed by atoms with Crippen LogP contribution in [0.1, 0.15) is 36.3 Å². The molecule has 1 aliphatic carbocycles. The zero-order valence-corrected chi connectivity index (χ0v) is 21.0. The molecule has 1 aliphatic heterocycles. The van der Waals surface area contributed by atoms with E-state index in [-0.39, 0.29) is 17.5 Å². The lowest BCUT2D eigenvalue weighted by Gasteiger charge is -2.45. The Morgan fingerprint density at radius 2 is 1.97 bits per heavy atom. The molecule has 2 fully saturated rings. The topological polar surface area (TPSA) is 75.7 Å². The monoisotopic (exact) mass is 480 g/mol. The smallest absolute Gasteiger partial charge is 0.319 e. The van der Waals surface area contributed by atoms with Crippen molar-refractivity contribution in [2.45, 2.75) is 50.1 Å². The number of nitrogens with zero attached hydrogens (tertiary/aromatic N) is 2. The minimum Gasteiger partial charge on any atom is -0.493 e. The first-order valence-corrected chi connectivity index (χ1v) is 12.6. The summed E-state index contributed by atoms with van der Waals surface area (Å²) in [6.07, 6.45) is 3.99. The second-order valence-corrected chi connectivity index (χ2v) is 10.7. The number of carbonyl (C=O) groups is 1. The molecule has 1 saturated heterocycles. The van der Waals surface area contributed by atoms with Crippen molar-refractivity contribution in [3.05, 3.63) is 47.0 Å². The second kappa shape index (κ2) is 9.07. The number of urea groups is 1. The number of thiazole rings is 1. The van der Waals surface area contributed by atoms with Gasteiger partial charge in [0.1, 0.15) is 0 Å². The molecule has 180 valence electrons. The van der Waals surface area contributed by atoms with Crippen LogP contribution in [0.4, 0.5) is 10.5 Å². The molecule has 0 spiro atoms. The van der Waals surface area contributed by atoms with Crippen molar-refractivity contribution in [3.8, 4) is 11.5 Å². The summed E-state index contributed by atoms with van der Waals surface area (Å²) in [5.74, 6) is 1.53. The van der Waals surface area contributed by atoms with Crippen LogP contribution in [0, 0.1) is 6.92 Å². The van der Waals surface area contributed by atoms with Crippen LogP contribution in [-0.4, -0.2) is 55.8 Å². The van der Waals surface area contributed by atoms with Gasteiger partial charge in [0.2, 0.25) is 0 Å². The Morgan fingerprint density at radius 1 is 1.15 bits per heavy atom. The van der Waals surface area contributed by atoms with Gasteiger partial charge in [-0.3, -0.25) is 0 Å². The van der Waals surface area contributed by atoms with Gasteiger partial charge in [-0.25, -0.2) is 9.78 Å². The number of fused-ring (bicyclic) bond motifs is 2. The summed E-state index contributed by atoms with van der Waals surface area (Å²) in [7, 11) is 5.55. The first-order chi connectivity index (χ1) is 16.4. The maximum Gasteiger partial charge on any atom is 0.319 e. The van der Waals surface area contributed by atoms with Gasteiger partial charge in [0.15, 0.2) is 11.5 Å². The fraction of sp³-hybridized carbons (Fsp3) is 0.462. The Labute approximate surface area is 204 Å². The third-order valence-corrected chi connectivity index (χ3v) is 8.53. The third-order valence-electron chi connectivity index (χ3n) is 7.57. The lowest BCUT2D eigenvalue weighted by molar-refractivity contribution is 0.156. The summed E-state index contributed by atoms with van der Waals surface area (Å²) in [4.78, 5) is 19.8. The van der Waals surface area contributed by atoms with Crippen molar-refractivity contribution in [2.24, 2.45) is 0 Å². The van der Waals surface area contributed by atoms with E-state index in [4.69, 9.17) is 9.47 Å². The number of rotatable bonds is 5. The highest BCUT2D eigenvalue weighted by Crippen LogP contribution is 2.49. The number of likely N-dealkylation sites (tertiary alicyclic amines) is 1. The van der Waals surface area contributed by atoms with Crippen molar-refractivity contribution in [3.63, 3.8) is 0 Å². The standard InChI is InChI=1S/C26H32N4O3S/c1-16-27-20-14-18(6-8-23(20)34-16)28-25(31)29-19-9-10-26(11-12-30(2)24(26)15-19)17-5-7-21(32-3)22(13-17)33-4/h5-8,13-14,19,24H,9-12,15H2,1-4H3,(H2,28,29,31)/t19-,24+,26-/m0/s1. The highest BCUT2D eigenvalue weighted by atomic mass is 32.1. The number of likely N-dealkylation sites (N-methyl/N-ethyl adjacent to an activating group) is 1. The number of hydrogen-bond acceptors (Lipinski definition) is 6. The first kappa shape index (κ1) is 22.9. The zero-order valence-electron chi connectivity index (χ0n) is 20.2. The summed E-state index contributed by atoms with van der Waals surface area (Å²) >= 11 is 1.66. The van der Waals surface area contributed by atoms with E-state index in [1.807, 2.05) is 31.2 Å². The Hall–Kier alpha value is -2.84. The van der Waals surface area contributed by atoms with Crippen LogP contribution in [0.25, 0.3) is 10.2 Å². The Balaban J connectivity index is 1.29. The molecular weight excluding hydrogens is 448 g/mol. The first-order valence-electron chi connectivity index (χ1n) is 11.8. The number of hydrogen-bond donors (Lipinski definition) is 2. The predicted octanol–water partition coefficient (Wildman–Crippen LogP) is 4.94. The van der Waals surface area contributed by atoms with Crippen LogP contribution in [0.3, 0.4) is 0 Å². The summed E-state index contributed by atoms with van der Waals surface area (Å²) in [5.41, 5.74) is 3.06. The molecule has 1 aromatic heterocycles. The molecule has 2 aliphatic rings. The Bertz CT molecular complexity index is 1210. The van der Waals surface area contributed by atoms with Crippen molar-refractivity contribution < 1.29 is 14.3 Å². The van der Waals surface area contributed by atoms with E-state index in [2.05, 4.69) is 39.7 Å². The maximum atomic E-state index is 12.8. The fourth-order valence-electron chi connectivity index (χ4n) is 5.87. The minimum absolute atomic E-state index is 0.0659. The van der Waals surface area contributed by atoms with Crippen LogP contribution < -0.4 is 20.1 Å². The molecule has 7 nitrogen and oxygen atoms in total. The number of methoxy groups -OCH3 is 2. The van der Waals surface area contributed by atoms with Crippen LogP contribution in [0.2, 0.25) is 0 Å². The normalized spacial score (nSPS) is 24.6. The van der Waals surface area contributed by atoms with Gasteiger partial charge in [0.25, 0.3) is 0 Å². The molecule has 5 rings (SSSR count). The van der Waals surface area contributed by atoms with Crippen LogP contribution >= 0.6 is 11.3 Å². The molecular formula is C26H32N4O3S. The molecule has 2 N–H and O–H groups in total. The lowest BCUT2D eigenvalue weighted by atomic mass is 9.65. The lowest BCUT2D eigenvalue weighted by Crippen LogP contribution is -2.52. The van der Waals surface area contributed by atoms with Crippen LogP contribution in [-0.2, 0) is 5.41 Å². The van der Waals surface area contributed by atoms with E-state index < -0.39 is 0 Å². The quantitative estimate of drug-likeness (QED) is 0.541.